The molecule has 1 fully saturated rings. The van der Waals surface area contributed by atoms with E-state index in [1.54, 1.807) is 0 Å². The lowest BCUT2D eigenvalue weighted by atomic mass is 10.1. The van der Waals surface area contributed by atoms with Crippen LogP contribution in [0.2, 0.25) is 10.0 Å². The number of amides is 1. The predicted molar refractivity (Wildman–Crippen MR) is 130 cm³/mol. The van der Waals surface area contributed by atoms with Gasteiger partial charge in [0.2, 0.25) is 5.95 Å². The third kappa shape index (κ3) is 5.30. The van der Waals surface area contributed by atoms with Crippen LogP contribution in [0.15, 0.2) is 42.5 Å². The van der Waals surface area contributed by atoms with Crippen LogP contribution in [-0.4, -0.2) is 40.4 Å². The highest BCUT2D eigenvalue weighted by Crippen LogP contribution is 2.28. The Kier molecular flexibility index (Phi) is 6.54. The highest BCUT2D eigenvalue weighted by Gasteiger charge is 2.27. The number of ether oxygens (including phenoxy) is 1. The lowest BCUT2D eigenvalue weighted by Gasteiger charge is -2.34. The molecule has 1 aromatic heterocycles. The van der Waals surface area contributed by atoms with Gasteiger partial charge in [-0.15, -0.1) is 0 Å². The van der Waals surface area contributed by atoms with E-state index < -0.39 is 5.60 Å². The number of nitrogens with zero attached hydrogens (tertiary/aromatic N) is 3. The van der Waals surface area contributed by atoms with Crippen LogP contribution in [0.25, 0.3) is 11.0 Å². The Hall–Kier alpha value is -2.44. The smallest absolute Gasteiger partial charge is 0.407 e. The zero-order chi connectivity index (χ0) is 22.9. The van der Waals surface area contributed by atoms with E-state index in [2.05, 4.69) is 20.9 Å². The standard InChI is InChI=1S/C24H28Cl2N4O2/c1-24(2,3)32-23(31)27-17-7-6-12-29(15-17)22-28-20-8-4-5-9-21(20)30(22)14-16-10-11-18(25)19(26)13-16/h4-5,8-11,13,17H,6-7,12,14-15H2,1-3H3,(H,27,31)/t17-/m1/s1. The molecule has 0 radical (unpaired) electrons. The van der Waals surface area contributed by atoms with Crippen molar-refractivity contribution in [1.82, 2.24) is 14.9 Å². The van der Waals surface area contributed by atoms with Gasteiger partial charge in [0, 0.05) is 19.1 Å². The summed E-state index contributed by atoms with van der Waals surface area (Å²) in [6, 6.07) is 13.8. The van der Waals surface area contributed by atoms with Gasteiger partial charge in [0.05, 0.1) is 27.6 Å². The first-order valence-corrected chi connectivity index (χ1v) is 11.6. The third-order valence-corrected chi connectivity index (χ3v) is 6.12. The van der Waals surface area contributed by atoms with Gasteiger partial charge < -0.3 is 19.5 Å². The van der Waals surface area contributed by atoms with Crippen LogP contribution >= 0.6 is 23.2 Å². The van der Waals surface area contributed by atoms with Crippen molar-refractivity contribution < 1.29 is 9.53 Å². The van der Waals surface area contributed by atoms with Gasteiger partial charge in [-0.1, -0.05) is 41.4 Å². The minimum Gasteiger partial charge on any atom is -0.444 e. The van der Waals surface area contributed by atoms with Crippen molar-refractivity contribution >= 4 is 46.3 Å². The van der Waals surface area contributed by atoms with E-state index in [1.165, 1.54) is 0 Å². The monoisotopic (exact) mass is 474 g/mol. The molecular formula is C24H28Cl2N4O2. The number of imidazole rings is 1. The Morgan fingerprint density at radius 3 is 2.72 bits per heavy atom. The van der Waals surface area contributed by atoms with E-state index in [-0.39, 0.29) is 12.1 Å². The number of aromatic nitrogens is 2. The number of alkyl carbamates (subject to hydrolysis) is 1. The van der Waals surface area contributed by atoms with Gasteiger partial charge in [-0.3, -0.25) is 0 Å². The molecule has 1 N–H and O–H groups in total. The van der Waals surface area contributed by atoms with Crippen molar-refractivity contribution in [2.75, 3.05) is 18.0 Å². The van der Waals surface area contributed by atoms with Crippen molar-refractivity contribution in [2.45, 2.75) is 51.8 Å². The Labute approximate surface area is 198 Å². The number of benzene rings is 2. The Bertz CT molecular complexity index is 1120. The third-order valence-electron chi connectivity index (χ3n) is 5.38. The molecule has 170 valence electrons. The molecule has 6 nitrogen and oxygen atoms in total. The number of fused-ring (bicyclic) bond motifs is 1. The summed E-state index contributed by atoms with van der Waals surface area (Å²) in [6.45, 7) is 7.76. The second-order valence-electron chi connectivity index (χ2n) is 9.17. The molecule has 4 rings (SSSR count). The fraction of sp³-hybridized carbons (Fsp3) is 0.417. The summed E-state index contributed by atoms with van der Waals surface area (Å²) in [5.41, 5.74) is 2.51. The maximum Gasteiger partial charge on any atom is 0.407 e. The molecule has 0 aliphatic carbocycles. The lowest BCUT2D eigenvalue weighted by molar-refractivity contribution is 0.0500. The summed E-state index contributed by atoms with van der Waals surface area (Å²) in [6.07, 6.45) is 1.48. The van der Waals surface area contributed by atoms with Gasteiger partial charge in [-0.05, 0) is 63.4 Å². The van der Waals surface area contributed by atoms with E-state index in [4.69, 9.17) is 32.9 Å². The normalized spacial score (nSPS) is 16.9. The molecule has 2 aromatic carbocycles. The van der Waals surface area contributed by atoms with Crippen molar-refractivity contribution in [3.8, 4) is 0 Å². The summed E-state index contributed by atoms with van der Waals surface area (Å²) in [5.74, 6) is 0.882. The predicted octanol–water partition coefficient (Wildman–Crippen LogP) is 5.88. The topological polar surface area (TPSA) is 59.4 Å². The molecule has 0 saturated carbocycles. The minimum absolute atomic E-state index is 0.00293. The number of rotatable bonds is 4. The lowest BCUT2D eigenvalue weighted by Crippen LogP contribution is -2.49. The van der Waals surface area contributed by atoms with Crippen LogP contribution in [-0.2, 0) is 11.3 Å². The second kappa shape index (κ2) is 9.20. The molecule has 1 atom stereocenters. The Morgan fingerprint density at radius 1 is 1.19 bits per heavy atom. The Balaban J connectivity index is 1.60. The first-order chi connectivity index (χ1) is 15.2. The first-order valence-electron chi connectivity index (χ1n) is 10.8. The van der Waals surface area contributed by atoms with Crippen LogP contribution in [0.3, 0.4) is 0 Å². The highest BCUT2D eigenvalue weighted by atomic mass is 35.5. The number of anilines is 1. The Morgan fingerprint density at radius 2 is 1.97 bits per heavy atom. The summed E-state index contributed by atoms with van der Waals surface area (Å²) in [5, 5.41) is 4.10. The SMILES string of the molecule is CC(C)(C)OC(=O)N[C@@H]1CCCN(c2nc3ccccc3n2Cc2ccc(Cl)c(Cl)c2)C1. The van der Waals surface area contributed by atoms with Gasteiger partial charge >= 0.3 is 6.09 Å². The summed E-state index contributed by atoms with van der Waals surface area (Å²) >= 11 is 12.4. The molecule has 0 unspecified atom stereocenters. The fourth-order valence-electron chi connectivity index (χ4n) is 4.03. The molecule has 1 amide bonds. The number of para-hydroxylation sites is 2. The van der Waals surface area contributed by atoms with E-state index in [0.717, 1.165) is 41.9 Å². The quantitative estimate of drug-likeness (QED) is 0.512. The largest absolute Gasteiger partial charge is 0.444 e. The maximum atomic E-state index is 12.3. The van der Waals surface area contributed by atoms with Crippen LogP contribution < -0.4 is 10.2 Å². The summed E-state index contributed by atoms with van der Waals surface area (Å²) in [7, 11) is 0. The zero-order valence-electron chi connectivity index (χ0n) is 18.6. The molecule has 0 spiro atoms. The maximum absolute atomic E-state index is 12.3. The van der Waals surface area contributed by atoms with Gasteiger partial charge in [-0.25, -0.2) is 9.78 Å². The molecule has 1 aliphatic heterocycles. The van der Waals surface area contributed by atoms with Crippen LogP contribution in [0, 0.1) is 0 Å². The van der Waals surface area contributed by atoms with Crippen LogP contribution in [0.4, 0.5) is 10.7 Å². The number of nitrogens with one attached hydrogen (secondary N) is 1. The van der Waals surface area contributed by atoms with Crippen LogP contribution in [0.5, 0.6) is 0 Å². The fourth-order valence-corrected chi connectivity index (χ4v) is 4.35. The number of halogens is 2. The molecule has 1 aliphatic rings. The van der Waals surface area contributed by atoms with Gasteiger partial charge in [-0.2, -0.15) is 0 Å². The van der Waals surface area contributed by atoms with Crippen molar-refractivity contribution in [3.63, 3.8) is 0 Å². The van der Waals surface area contributed by atoms with Crippen molar-refractivity contribution in [2.24, 2.45) is 0 Å². The van der Waals surface area contributed by atoms with Crippen molar-refractivity contribution in [1.29, 1.82) is 0 Å². The average molecular weight is 475 g/mol. The molecular weight excluding hydrogens is 447 g/mol. The van der Waals surface area contributed by atoms with Crippen molar-refractivity contribution in [3.05, 3.63) is 58.1 Å². The number of hydrogen-bond acceptors (Lipinski definition) is 4. The number of piperidine rings is 1. The molecule has 1 saturated heterocycles. The number of carbonyl (C=O) groups is 1. The van der Waals surface area contributed by atoms with Gasteiger partial charge in [0.15, 0.2) is 0 Å². The zero-order valence-corrected chi connectivity index (χ0v) is 20.1. The van der Waals surface area contributed by atoms with Crippen LogP contribution in [0.1, 0.15) is 39.2 Å². The summed E-state index contributed by atoms with van der Waals surface area (Å²) < 4.78 is 7.64. The molecule has 0 bridgehead atoms. The second-order valence-corrected chi connectivity index (χ2v) is 9.98. The minimum atomic E-state index is -0.522. The molecule has 32 heavy (non-hydrogen) atoms. The van der Waals surface area contributed by atoms with E-state index in [1.807, 2.05) is 57.2 Å². The van der Waals surface area contributed by atoms with Gasteiger partial charge in [0.1, 0.15) is 5.60 Å². The first kappa shape index (κ1) is 22.7. The van der Waals surface area contributed by atoms with E-state index in [0.29, 0.717) is 23.1 Å². The average Bonchev–Trinajstić information content (AvgIpc) is 3.08. The summed E-state index contributed by atoms with van der Waals surface area (Å²) in [4.78, 5) is 19.5. The van der Waals surface area contributed by atoms with Gasteiger partial charge in [0.25, 0.3) is 0 Å². The number of carbonyl (C=O) groups excluding carboxylic acids is 1. The molecule has 2 heterocycles. The highest BCUT2D eigenvalue weighted by molar-refractivity contribution is 6.42. The molecule has 3 aromatic rings. The van der Waals surface area contributed by atoms with E-state index in [9.17, 15) is 4.79 Å². The van der Waals surface area contributed by atoms with E-state index >= 15 is 0 Å². The number of hydrogen-bond donors (Lipinski definition) is 1. The molecule has 8 heteroatoms.